The summed E-state index contributed by atoms with van der Waals surface area (Å²) in [5.41, 5.74) is 0. The Bertz CT molecular complexity index is 355. The van der Waals surface area contributed by atoms with Crippen molar-refractivity contribution in [1.29, 1.82) is 0 Å². The standard InChI is InChI=1S/C16H32O4S.K/c1-3-5-7-9-10-12-14-16(13-11-8-6-4-2)15-20-21(17,18)19;/h12,14,16H,3-11,13,15H2,1-2H3,(H,17,18,19);/q;+1/p-1/b14-12+;. The average molecular weight is 359 g/mol. The molecule has 0 rings (SSSR count). The number of unbranched alkanes of at least 4 members (excludes halogenated alkanes) is 7. The minimum atomic E-state index is -4.58. The van der Waals surface area contributed by atoms with Crippen molar-refractivity contribution in [2.45, 2.75) is 78.1 Å². The van der Waals surface area contributed by atoms with E-state index in [1.807, 2.05) is 6.08 Å². The third-order valence-electron chi connectivity index (χ3n) is 3.49. The molecular formula is C16H31KO4S. The second-order valence-electron chi connectivity index (χ2n) is 5.58. The van der Waals surface area contributed by atoms with Gasteiger partial charge in [-0.05, 0) is 19.3 Å². The van der Waals surface area contributed by atoms with Crippen molar-refractivity contribution in [3.63, 3.8) is 0 Å². The van der Waals surface area contributed by atoms with E-state index in [0.29, 0.717) is 0 Å². The van der Waals surface area contributed by atoms with E-state index < -0.39 is 10.4 Å². The maximum absolute atomic E-state index is 10.6. The van der Waals surface area contributed by atoms with Crippen LogP contribution in [-0.4, -0.2) is 19.6 Å². The summed E-state index contributed by atoms with van der Waals surface area (Å²) < 4.78 is 36.1. The minimum absolute atomic E-state index is 0. The van der Waals surface area contributed by atoms with Crippen molar-refractivity contribution in [2.75, 3.05) is 6.61 Å². The minimum Gasteiger partial charge on any atom is -0.726 e. The van der Waals surface area contributed by atoms with Crippen molar-refractivity contribution in [3.8, 4) is 0 Å². The van der Waals surface area contributed by atoms with Gasteiger partial charge in [0.1, 0.15) is 0 Å². The summed E-state index contributed by atoms with van der Waals surface area (Å²) in [6.45, 7) is 4.31. The Morgan fingerprint density at radius 1 is 1.00 bits per heavy atom. The van der Waals surface area contributed by atoms with Crippen LogP contribution in [0.2, 0.25) is 0 Å². The number of hydrogen-bond acceptors (Lipinski definition) is 4. The van der Waals surface area contributed by atoms with Crippen LogP contribution < -0.4 is 51.4 Å². The molecule has 6 heteroatoms. The van der Waals surface area contributed by atoms with E-state index >= 15 is 0 Å². The van der Waals surface area contributed by atoms with E-state index in [1.54, 1.807) is 0 Å². The first-order valence-corrected chi connectivity index (χ1v) is 9.59. The van der Waals surface area contributed by atoms with Crippen LogP contribution in [0, 0.1) is 5.92 Å². The van der Waals surface area contributed by atoms with Crippen LogP contribution in [0.15, 0.2) is 12.2 Å². The molecule has 0 bridgehead atoms. The van der Waals surface area contributed by atoms with Crippen molar-refractivity contribution in [2.24, 2.45) is 5.92 Å². The molecular weight excluding hydrogens is 327 g/mol. The van der Waals surface area contributed by atoms with Crippen LogP contribution in [0.5, 0.6) is 0 Å². The van der Waals surface area contributed by atoms with E-state index in [4.69, 9.17) is 0 Å². The van der Waals surface area contributed by atoms with Crippen LogP contribution in [0.4, 0.5) is 0 Å². The number of rotatable bonds is 14. The fourth-order valence-electron chi connectivity index (χ4n) is 2.22. The second kappa shape index (κ2) is 17.1. The molecule has 1 unspecified atom stereocenters. The maximum Gasteiger partial charge on any atom is 1.00 e. The van der Waals surface area contributed by atoms with Crippen LogP contribution in [-0.2, 0) is 14.6 Å². The smallest absolute Gasteiger partial charge is 0.726 e. The SMILES string of the molecule is CCCCCC/C=C/C(CCCCCC)COS(=O)(=O)[O-].[K+]. The van der Waals surface area contributed by atoms with Gasteiger partial charge in [0.15, 0.2) is 0 Å². The Morgan fingerprint density at radius 3 is 2.14 bits per heavy atom. The van der Waals surface area contributed by atoms with Gasteiger partial charge in [-0.15, -0.1) is 0 Å². The molecule has 0 aromatic rings. The van der Waals surface area contributed by atoms with Gasteiger partial charge in [0.25, 0.3) is 0 Å². The van der Waals surface area contributed by atoms with Gasteiger partial charge >= 0.3 is 51.4 Å². The predicted octanol–water partition coefficient (Wildman–Crippen LogP) is 1.58. The van der Waals surface area contributed by atoms with Crippen LogP contribution >= 0.6 is 0 Å². The summed E-state index contributed by atoms with van der Waals surface area (Å²) in [6, 6.07) is 0. The van der Waals surface area contributed by atoms with Gasteiger partial charge in [0.05, 0.1) is 6.61 Å². The molecule has 0 spiro atoms. The number of allylic oxidation sites excluding steroid dienone is 1. The Balaban J connectivity index is 0. The summed E-state index contributed by atoms with van der Waals surface area (Å²) in [4.78, 5) is 0. The fourth-order valence-corrected chi connectivity index (χ4v) is 2.56. The third-order valence-corrected chi connectivity index (χ3v) is 3.91. The summed E-state index contributed by atoms with van der Waals surface area (Å²) in [7, 11) is -4.58. The van der Waals surface area contributed by atoms with Gasteiger partial charge < -0.3 is 4.55 Å². The van der Waals surface area contributed by atoms with Crippen LogP contribution in [0.25, 0.3) is 0 Å². The van der Waals surface area contributed by atoms with Gasteiger partial charge in [-0.2, -0.15) is 0 Å². The first kappa shape index (κ1) is 25.5. The zero-order valence-corrected chi connectivity index (χ0v) is 18.5. The van der Waals surface area contributed by atoms with Crippen molar-refractivity contribution in [1.82, 2.24) is 0 Å². The van der Waals surface area contributed by atoms with Crippen LogP contribution in [0.3, 0.4) is 0 Å². The summed E-state index contributed by atoms with van der Waals surface area (Å²) in [5, 5.41) is 0. The monoisotopic (exact) mass is 358 g/mol. The summed E-state index contributed by atoms with van der Waals surface area (Å²) in [5.74, 6) is 0.0248. The van der Waals surface area contributed by atoms with Crippen LogP contribution in [0.1, 0.15) is 78.1 Å². The molecule has 0 N–H and O–H groups in total. The first-order valence-electron chi connectivity index (χ1n) is 8.26. The summed E-state index contributed by atoms with van der Waals surface area (Å²) in [6.07, 6.45) is 15.4. The Kier molecular flexibility index (Phi) is 19.8. The Hall–Kier alpha value is 1.25. The molecule has 0 saturated carbocycles. The fraction of sp³-hybridized carbons (Fsp3) is 0.875. The van der Waals surface area contributed by atoms with E-state index in [-0.39, 0.29) is 63.9 Å². The molecule has 0 heterocycles. The maximum atomic E-state index is 10.6. The predicted molar refractivity (Wildman–Crippen MR) is 85.8 cm³/mol. The molecule has 22 heavy (non-hydrogen) atoms. The van der Waals surface area contributed by atoms with E-state index in [9.17, 15) is 13.0 Å². The molecule has 126 valence electrons. The van der Waals surface area contributed by atoms with Gasteiger partial charge in [-0.25, -0.2) is 8.42 Å². The molecule has 1 atom stereocenters. The number of hydrogen-bond donors (Lipinski definition) is 0. The first-order chi connectivity index (χ1) is 9.99. The van der Waals surface area contributed by atoms with E-state index in [2.05, 4.69) is 24.1 Å². The van der Waals surface area contributed by atoms with Crippen molar-refractivity contribution < 1.29 is 68.5 Å². The Labute approximate surface area is 179 Å². The molecule has 0 aliphatic carbocycles. The third kappa shape index (κ3) is 19.3. The molecule has 0 aromatic carbocycles. The molecule has 0 saturated heterocycles. The zero-order valence-electron chi connectivity index (χ0n) is 14.6. The molecule has 0 amide bonds. The molecule has 4 nitrogen and oxygen atoms in total. The molecule has 0 aliphatic rings. The van der Waals surface area contributed by atoms with E-state index in [0.717, 1.165) is 32.1 Å². The quantitative estimate of drug-likeness (QED) is 0.155. The van der Waals surface area contributed by atoms with Crippen molar-refractivity contribution in [3.05, 3.63) is 12.2 Å². The topological polar surface area (TPSA) is 66.4 Å². The van der Waals surface area contributed by atoms with Gasteiger partial charge in [-0.3, -0.25) is 4.18 Å². The van der Waals surface area contributed by atoms with Gasteiger partial charge in [0, 0.05) is 5.92 Å². The van der Waals surface area contributed by atoms with E-state index in [1.165, 1.54) is 32.1 Å². The average Bonchev–Trinajstić information content (AvgIpc) is 2.42. The zero-order chi connectivity index (χ0) is 16.0. The van der Waals surface area contributed by atoms with Crippen molar-refractivity contribution >= 4 is 10.4 Å². The summed E-state index contributed by atoms with van der Waals surface area (Å²) >= 11 is 0. The molecule has 0 fully saturated rings. The molecule has 0 aromatic heterocycles. The Morgan fingerprint density at radius 2 is 1.59 bits per heavy atom. The normalized spacial score (nSPS) is 13.2. The van der Waals surface area contributed by atoms with Gasteiger partial charge in [0.2, 0.25) is 10.4 Å². The largest absolute Gasteiger partial charge is 1.00 e. The molecule has 0 aliphatic heterocycles. The van der Waals surface area contributed by atoms with Gasteiger partial charge in [-0.1, -0.05) is 70.9 Å². The molecule has 0 radical (unpaired) electrons. The second-order valence-corrected chi connectivity index (χ2v) is 6.63.